The smallest absolute Gasteiger partial charge is 0.00137 e. The van der Waals surface area contributed by atoms with Crippen molar-refractivity contribution in [2.45, 2.75) is 0 Å². The summed E-state index contributed by atoms with van der Waals surface area (Å²) in [5.41, 5.74) is 5.11. The lowest BCUT2D eigenvalue weighted by Gasteiger charge is -2.20. The fourth-order valence-electron chi connectivity index (χ4n) is 8.03. The third-order valence-corrected chi connectivity index (χ3v) is 10.0. The van der Waals surface area contributed by atoms with Gasteiger partial charge in [-0.15, -0.1) is 0 Å². The van der Waals surface area contributed by atoms with E-state index < -0.39 is 0 Å². The second-order valence-corrected chi connectivity index (χ2v) is 12.4. The summed E-state index contributed by atoms with van der Waals surface area (Å²) in [6.07, 6.45) is 0. The highest BCUT2D eigenvalue weighted by Crippen LogP contribution is 2.48. The number of hydrogen-bond donors (Lipinski definition) is 0. The zero-order valence-corrected chi connectivity index (χ0v) is 25.2. The molecule has 0 aliphatic carbocycles. The van der Waals surface area contributed by atoms with Crippen molar-refractivity contribution in [1.29, 1.82) is 0 Å². The highest BCUT2D eigenvalue weighted by molar-refractivity contribution is 6.38. The zero-order valence-electron chi connectivity index (χ0n) is 25.2. The first kappa shape index (κ1) is 25.4. The van der Waals surface area contributed by atoms with Crippen LogP contribution >= 0.6 is 0 Å². The molecule has 0 spiro atoms. The van der Waals surface area contributed by atoms with Crippen LogP contribution in [0.5, 0.6) is 0 Å². The maximum atomic E-state index is 2.47. The molecule has 0 heterocycles. The van der Waals surface area contributed by atoms with E-state index in [1.165, 1.54) is 97.7 Å². The molecule has 10 rings (SSSR count). The largest absolute Gasteiger partial charge is 0.0616 e. The first-order valence-corrected chi connectivity index (χ1v) is 16.0. The van der Waals surface area contributed by atoms with E-state index in [-0.39, 0.29) is 0 Å². The van der Waals surface area contributed by atoms with Gasteiger partial charge in [-0.1, -0.05) is 158 Å². The van der Waals surface area contributed by atoms with Gasteiger partial charge in [0.15, 0.2) is 0 Å². The van der Waals surface area contributed by atoms with Gasteiger partial charge in [0.1, 0.15) is 0 Å². The normalized spacial score (nSPS) is 11.9. The number of hydrogen-bond acceptors (Lipinski definition) is 0. The molecular weight excluding hydrogens is 553 g/mol. The fourth-order valence-corrected chi connectivity index (χ4v) is 8.03. The van der Waals surface area contributed by atoms with Crippen molar-refractivity contribution in [2.24, 2.45) is 0 Å². The van der Waals surface area contributed by atoms with Gasteiger partial charge in [0.2, 0.25) is 0 Å². The minimum absolute atomic E-state index is 1.26. The molecule has 46 heavy (non-hydrogen) atoms. The molecule has 10 aromatic rings. The van der Waals surface area contributed by atoms with Crippen LogP contribution in [-0.4, -0.2) is 0 Å². The lowest BCUT2D eigenvalue weighted by atomic mass is 9.83. The zero-order chi connectivity index (χ0) is 30.2. The first-order valence-electron chi connectivity index (χ1n) is 16.0. The van der Waals surface area contributed by atoms with Crippen LogP contribution in [0.1, 0.15) is 0 Å². The molecule has 0 saturated carbocycles. The Morgan fingerprint density at radius 1 is 0.196 bits per heavy atom. The Morgan fingerprint density at radius 2 is 0.522 bits per heavy atom. The van der Waals surface area contributed by atoms with E-state index in [9.17, 15) is 0 Å². The lowest BCUT2D eigenvalue weighted by Crippen LogP contribution is -1.92. The second kappa shape index (κ2) is 9.76. The van der Waals surface area contributed by atoms with Crippen LogP contribution in [0.25, 0.3) is 97.7 Å². The van der Waals surface area contributed by atoms with Crippen molar-refractivity contribution in [1.82, 2.24) is 0 Å². The third-order valence-electron chi connectivity index (χ3n) is 10.0. The van der Waals surface area contributed by atoms with Crippen LogP contribution in [0, 0.1) is 0 Å². The van der Waals surface area contributed by atoms with Crippen LogP contribution in [0.2, 0.25) is 0 Å². The molecule has 0 aliphatic heterocycles. The standard InChI is InChI=1S/C46H28/c1-3-17-31-29(13-1)15-11-25-33(31)41-27-43-35-19-5-6-20-36(35)44-28-42(34-26-12-16-30-14-2-4-18-32(30)34)38-22-8-10-24-40(38)46(44)45(43)39-23-9-7-21-37(39)41/h1-28H. The van der Waals surface area contributed by atoms with Crippen molar-refractivity contribution < 1.29 is 0 Å². The van der Waals surface area contributed by atoms with Crippen molar-refractivity contribution in [3.05, 3.63) is 170 Å². The molecule has 0 unspecified atom stereocenters. The molecule has 0 bridgehead atoms. The Kier molecular flexibility index (Phi) is 5.38. The lowest BCUT2D eigenvalue weighted by molar-refractivity contribution is 1.70. The predicted molar refractivity (Wildman–Crippen MR) is 200 cm³/mol. The van der Waals surface area contributed by atoms with Gasteiger partial charge in [-0.25, -0.2) is 0 Å². The van der Waals surface area contributed by atoms with Gasteiger partial charge in [-0.05, 0) is 110 Å². The Balaban J connectivity index is 1.44. The average Bonchev–Trinajstić information content (AvgIpc) is 3.13. The Labute approximate surface area is 266 Å². The Morgan fingerprint density at radius 3 is 0.957 bits per heavy atom. The third kappa shape index (κ3) is 3.56. The summed E-state index contributed by atoms with van der Waals surface area (Å²) in [5.74, 6) is 0. The molecule has 0 radical (unpaired) electrons. The molecule has 0 N–H and O–H groups in total. The van der Waals surface area contributed by atoms with E-state index in [0.717, 1.165) is 0 Å². The molecule has 0 fully saturated rings. The minimum Gasteiger partial charge on any atom is -0.0616 e. The highest BCUT2D eigenvalue weighted by Gasteiger charge is 2.19. The summed E-state index contributed by atoms with van der Waals surface area (Å²) >= 11 is 0. The van der Waals surface area contributed by atoms with Crippen LogP contribution in [0.3, 0.4) is 0 Å². The molecule has 0 heteroatoms. The number of benzene rings is 10. The number of fused-ring (bicyclic) bond motifs is 12. The van der Waals surface area contributed by atoms with Crippen LogP contribution < -0.4 is 0 Å². The SMILES string of the molecule is c1ccc2c(-c3cc4c5ccccc5c5cc(-c6cccc7ccccc67)c6ccccc6c5c4c4ccccc34)cccc2c1. The highest BCUT2D eigenvalue weighted by atomic mass is 14.2. The van der Waals surface area contributed by atoms with Crippen LogP contribution in [-0.2, 0) is 0 Å². The molecule has 0 aromatic heterocycles. The Hall–Kier alpha value is -5.98. The van der Waals surface area contributed by atoms with Crippen LogP contribution in [0.15, 0.2) is 170 Å². The van der Waals surface area contributed by atoms with E-state index in [2.05, 4.69) is 170 Å². The second-order valence-electron chi connectivity index (χ2n) is 12.4. The molecule has 212 valence electrons. The van der Waals surface area contributed by atoms with Gasteiger partial charge in [-0.3, -0.25) is 0 Å². The maximum Gasteiger partial charge on any atom is -0.00137 e. The summed E-state index contributed by atoms with van der Waals surface area (Å²) in [6, 6.07) is 62.8. The topological polar surface area (TPSA) is 0 Å². The van der Waals surface area contributed by atoms with Crippen molar-refractivity contribution in [3.63, 3.8) is 0 Å². The monoisotopic (exact) mass is 580 g/mol. The number of rotatable bonds is 2. The van der Waals surface area contributed by atoms with Gasteiger partial charge in [0, 0.05) is 0 Å². The van der Waals surface area contributed by atoms with Crippen molar-refractivity contribution >= 4 is 75.4 Å². The minimum atomic E-state index is 1.26. The van der Waals surface area contributed by atoms with Crippen molar-refractivity contribution in [3.8, 4) is 22.3 Å². The molecule has 0 saturated heterocycles. The van der Waals surface area contributed by atoms with Crippen molar-refractivity contribution in [2.75, 3.05) is 0 Å². The van der Waals surface area contributed by atoms with Gasteiger partial charge in [0.05, 0.1) is 0 Å². The van der Waals surface area contributed by atoms with Gasteiger partial charge in [-0.2, -0.15) is 0 Å². The average molecular weight is 581 g/mol. The van der Waals surface area contributed by atoms with Crippen LogP contribution in [0.4, 0.5) is 0 Å². The molecule has 0 nitrogen and oxygen atoms in total. The Bertz CT molecular complexity index is 2650. The van der Waals surface area contributed by atoms with E-state index in [1.807, 2.05) is 0 Å². The first-order chi connectivity index (χ1) is 22.8. The maximum absolute atomic E-state index is 2.47. The summed E-state index contributed by atoms with van der Waals surface area (Å²) in [5, 5.41) is 18.1. The van der Waals surface area contributed by atoms with Gasteiger partial charge in [0.25, 0.3) is 0 Å². The summed E-state index contributed by atoms with van der Waals surface area (Å²) in [6.45, 7) is 0. The molecule has 0 atom stereocenters. The predicted octanol–water partition coefficient (Wildman–Crippen LogP) is 13.1. The molecule has 0 amide bonds. The molecule has 0 aliphatic rings. The van der Waals surface area contributed by atoms with E-state index >= 15 is 0 Å². The molecular formula is C46H28. The van der Waals surface area contributed by atoms with E-state index in [0.29, 0.717) is 0 Å². The quantitative estimate of drug-likeness (QED) is 0.178. The molecule has 10 aromatic carbocycles. The van der Waals surface area contributed by atoms with E-state index in [1.54, 1.807) is 0 Å². The summed E-state index contributed by atoms with van der Waals surface area (Å²) < 4.78 is 0. The summed E-state index contributed by atoms with van der Waals surface area (Å²) in [7, 11) is 0. The fraction of sp³-hybridized carbons (Fsp3) is 0. The summed E-state index contributed by atoms with van der Waals surface area (Å²) in [4.78, 5) is 0. The van der Waals surface area contributed by atoms with Gasteiger partial charge < -0.3 is 0 Å². The van der Waals surface area contributed by atoms with E-state index in [4.69, 9.17) is 0 Å². The van der Waals surface area contributed by atoms with Gasteiger partial charge >= 0.3 is 0 Å².